The van der Waals surface area contributed by atoms with E-state index in [9.17, 15) is 4.79 Å². The maximum Gasteiger partial charge on any atom is 0.243 e. The van der Waals surface area contributed by atoms with Crippen LogP contribution in [0.15, 0.2) is 79.0 Å². The molecule has 2 aromatic heterocycles. The number of aromatic nitrogens is 6. The number of hydrogen-bond acceptors (Lipinski definition) is 6. The Kier molecular flexibility index (Phi) is 7.36. The molecule has 0 saturated carbocycles. The maximum absolute atomic E-state index is 11.6. The van der Waals surface area contributed by atoms with Gasteiger partial charge in [0.2, 0.25) is 11.9 Å². The molecule has 9 nitrogen and oxygen atoms in total. The zero-order chi connectivity index (χ0) is 25.8. The third kappa shape index (κ3) is 5.75. The molecule has 2 N–H and O–H groups in total. The SMILES string of the molecule is O=C(CCl)Nc1ccc(-n2nc(NCc3cn(-c4ccccc4)nn3)nc2-c2ccc(Cl)c(Cl)c2)cc1. The number of carbonyl (C=O) groups is 1. The van der Waals surface area contributed by atoms with Crippen LogP contribution in [-0.4, -0.2) is 41.5 Å². The van der Waals surface area contributed by atoms with Gasteiger partial charge in [-0.3, -0.25) is 4.79 Å². The predicted molar refractivity (Wildman–Crippen MR) is 145 cm³/mol. The molecule has 0 bridgehead atoms. The van der Waals surface area contributed by atoms with Crippen molar-refractivity contribution in [2.75, 3.05) is 16.5 Å². The summed E-state index contributed by atoms with van der Waals surface area (Å²) in [6.45, 7) is 0.362. The van der Waals surface area contributed by atoms with Gasteiger partial charge in [0.05, 0.1) is 34.2 Å². The zero-order valence-electron chi connectivity index (χ0n) is 19.1. The van der Waals surface area contributed by atoms with E-state index in [0.29, 0.717) is 34.1 Å². The molecule has 12 heteroatoms. The Balaban J connectivity index is 1.42. The second-order valence-electron chi connectivity index (χ2n) is 7.87. The molecule has 0 aliphatic heterocycles. The largest absolute Gasteiger partial charge is 0.347 e. The van der Waals surface area contributed by atoms with Gasteiger partial charge in [0, 0.05) is 11.3 Å². The maximum atomic E-state index is 11.6. The first kappa shape index (κ1) is 24.8. The van der Waals surface area contributed by atoms with Crippen molar-refractivity contribution in [1.82, 2.24) is 29.8 Å². The fourth-order valence-corrected chi connectivity index (χ4v) is 3.89. The number of carbonyl (C=O) groups excluding carboxylic acids is 1. The molecular formula is C25H19Cl3N8O. The topological polar surface area (TPSA) is 103 Å². The normalized spacial score (nSPS) is 10.9. The predicted octanol–water partition coefficient (Wildman–Crippen LogP) is 5.61. The van der Waals surface area contributed by atoms with E-state index >= 15 is 0 Å². The lowest BCUT2D eigenvalue weighted by molar-refractivity contribution is -0.113. The van der Waals surface area contributed by atoms with Gasteiger partial charge in [0.25, 0.3) is 0 Å². The molecule has 0 spiro atoms. The highest BCUT2D eigenvalue weighted by molar-refractivity contribution is 6.42. The van der Waals surface area contributed by atoms with E-state index < -0.39 is 0 Å². The van der Waals surface area contributed by atoms with E-state index in [1.807, 2.05) is 54.7 Å². The Morgan fingerprint density at radius 2 is 1.70 bits per heavy atom. The van der Waals surface area contributed by atoms with Crippen molar-refractivity contribution in [1.29, 1.82) is 0 Å². The summed E-state index contributed by atoms with van der Waals surface area (Å²) >= 11 is 18.0. The molecule has 37 heavy (non-hydrogen) atoms. The van der Waals surface area contributed by atoms with Gasteiger partial charge in [0.1, 0.15) is 11.6 Å². The summed E-state index contributed by atoms with van der Waals surface area (Å²) in [5.41, 5.74) is 3.70. The minimum Gasteiger partial charge on any atom is -0.347 e. The summed E-state index contributed by atoms with van der Waals surface area (Å²) in [6, 6.07) is 22.1. The molecule has 5 aromatic rings. The molecule has 0 fully saturated rings. The van der Waals surface area contributed by atoms with Crippen LogP contribution in [0.2, 0.25) is 10.0 Å². The van der Waals surface area contributed by atoms with Gasteiger partial charge >= 0.3 is 0 Å². The minimum atomic E-state index is -0.289. The molecule has 0 atom stereocenters. The standard InChI is InChI=1S/C25H19Cl3N8O/c26-13-23(37)30-17-7-9-20(10-8-17)36-24(16-6-11-21(27)22(28)12-16)31-25(33-36)29-14-18-15-35(34-32-18)19-4-2-1-3-5-19/h1-12,15H,13-14H2,(H,29,33)(H,30,37). The second-order valence-corrected chi connectivity index (χ2v) is 8.95. The summed E-state index contributed by atoms with van der Waals surface area (Å²) in [6.07, 6.45) is 1.84. The van der Waals surface area contributed by atoms with Gasteiger partial charge in [-0.2, -0.15) is 4.98 Å². The minimum absolute atomic E-state index is 0.125. The first-order chi connectivity index (χ1) is 18.0. The van der Waals surface area contributed by atoms with Crippen molar-refractivity contribution in [2.24, 2.45) is 0 Å². The molecule has 0 radical (unpaired) electrons. The third-order valence-corrected chi connectivity index (χ3v) is 6.27. The van der Waals surface area contributed by atoms with Crippen molar-refractivity contribution in [3.63, 3.8) is 0 Å². The molecule has 3 aromatic carbocycles. The number of para-hydroxylation sites is 1. The van der Waals surface area contributed by atoms with Crippen LogP contribution in [-0.2, 0) is 11.3 Å². The monoisotopic (exact) mass is 552 g/mol. The van der Waals surface area contributed by atoms with Gasteiger partial charge in [-0.05, 0) is 54.6 Å². The highest BCUT2D eigenvalue weighted by Gasteiger charge is 2.16. The summed E-state index contributed by atoms with van der Waals surface area (Å²) in [7, 11) is 0. The van der Waals surface area contributed by atoms with Crippen molar-refractivity contribution in [3.05, 3.63) is 94.7 Å². The molecule has 5 rings (SSSR count). The molecule has 0 saturated heterocycles. The van der Waals surface area contributed by atoms with Crippen LogP contribution in [0.3, 0.4) is 0 Å². The first-order valence-corrected chi connectivity index (χ1v) is 12.4. The zero-order valence-corrected chi connectivity index (χ0v) is 21.4. The summed E-state index contributed by atoms with van der Waals surface area (Å²) < 4.78 is 3.38. The van der Waals surface area contributed by atoms with Crippen LogP contribution in [0.4, 0.5) is 11.6 Å². The molecule has 0 unspecified atom stereocenters. The van der Waals surface area contributed by atoms with Crippen molar-refractivity contribution in [2.45, 2.75) is 6.54 Å². The Morgan fingerprint density at radius 1 is 0.919 bits per heavy atom. The summed E-state index contributed by atoms with van der Waals surface area (Å²) in [5.74, 6) is 0.518. The van der Waals surface area contributed by atoms with Crippen LogP contribution in [0.25, 0.3) is 22.8 Å². The van der Waals surface area contributed by atoms with Crippen LogP contribution >= 0.6 is 34.8 Å². The van der Waals surface area contributed by atoms with Crippen molar-refractivity contribution in [3.8, 4) is 22.8 Å². The van der Waals surface area contributed by atoms with Crippen LogP contribution < -0.4 is 10.6 Å². The van der Waals surface area contributed by atoms with Crippen LogP contribution in [0.1, 0.15) is 5.69 Å². The number of halogens is 3. The lowest BCUT2D eigenvalue weighted by atomic mass is 10.2. The average molecular weight is 554 g/mol. The third-order valence-electron chi connectivity index (χ3n) is 5.29. The number of amides is 1. The number of benzene rings is 3. The molecule has 0 aliphatic rings. The molecule has 186 valence electrons. The lowest BCUT2D eigenvalue weighted by Crippen LogP contribution is -2.12. The number of hydrogen-bond donors (Lipinski definition) is 2. The van der Waals surface area contributed by atoms with E-state index in [4.69, 9.17) is 34.8 Å². The highest BCUT2D eigenvalue weighted by atomic mass is 35.5. The van der Waals surface area contributed by atoms with E-state index in [0.717, 1.165) is 22.6 Å². The number of anilines is 2. The van der Waals surface area contributed by atoms with Crippen molar-refractivity contribution < 1.29 is 4.79 Å². The van der Waals surface area contributed by atoms with Gasteiger partial charge in [0.15, 0.2) is 5.82 Å². The molecule has 0 aliphatic carbocycles. The van der Waals surface area contributed by atoms with E-state index in [2.05, 4.69) is 31.0 Å². The van der Waals surface area contributed by atoms with Crippen LogP contribution in [0, 0.1) is 0 Å². The second kappa shape index (κ2) is 11.0. The molecule has 2 heterocycles. The molecule has 1 amide bonds. The Hall–Kier alpha value is -3.92. The average Bonchev–Trinajstić information content (AvgIpc) is 3.58. The van der Waals surface area contributed by atoms with E-state index in [-0.39, 0.29) is 11.8 Å². The summed E-state index contributed by atoms with van der Waals surface area (Å²) in [5, 5.41) is 19.8. The van der Waals surface area contributed by atoms with E-state index in [1.54, 1.807) is 33.6 Å². The lowest BCUT2D eigenvalue weighted by Gasteiger charge is -2.08. The summed E-state index contributed by atoms with van der Waals surface area (Å²) in [4.78, 5) is 16.3. The van der Waals surface area contributed by atoms with Gasteiger partial charge in [-0.15, -0.1) is 21.8 Å². The van der Waals surface area contributed by atoms with E-state index in [1.165, 1.54) is 0 Å². The number of nitrogens with zero attached hydrogens (tertiary/aromatic N) is 6. The number of nitrogens with one attached hydrogen (secondary N) is 2. The van der Waals surface area contributed by atoms with Gasteiger partial charge < -0.3 is 10.6 Å². The van der Waals surface area contributed by atoms with Gasteiger partial charge in [-0.25, -0.2) is 9.36 Å². The number of alkyl halides is 1. The van der Waals surface area contributed by atoms with Crippen molar-refractivity contribution >= 4 is 52.3 Å². The quantitative estimate of drug-likeness (QED) is 0.242. The smallest absolute Gasteiger partial charge is 0.243 e. The van der Waals surface area contributed by atoms with Crippen LogP contribution in [0.5, 0.6) is 0 Å². The Bertz CT molecular complexity index is 1530. The highest BCUT2D eigenvalue weighted by Crippen LogP contribution is 2.30. The fraction of sp³-hybridized carbons (Fsp3) is 0.0800. The molecular weight excluding hydrogens is 535 g/mol. The fourth-order valence-electron chi connectivity index (χ4n) is 3.53. The number of rotatable bonds is 8. The Morgan fingerprint density at radius 3 is 2.43 bits per heavy atom. The van der Waals surface area contributed by atoms with Gasteiger partial charge in [-0.1, -0.05) is 46.6 Å². The Labute approximate surface area is 227 Å². The first-order valence-electron chi connectivity index (χ1n) is 11.1.